The lowest BCUT2D eigenvalue weighted by Gasteiger charge is -2.20. The molecular formula is C22H25N3O3S. The highest BCUT2D eigenvalue weighted by Crippen LogP contribution is 2.32. The minimum Gasteiger partial charge on any atom is -0.493 e. The lowest BCUT2D eigenvalue weighted by atomic mass is 10.2. The Morgan fingerprint density at radius 3 is 2.34 bits per heavy atom. The van der Waals surface area contributed by atoms with Crippen LogP contribution in [0.3, 0.4) is 0 Å². The Kier molecular flexibility index (Phi) is 6.82. The van der Waals surface area contributed by atoms with Crippen molar-refractivity contribution in [3.05, 3.63) is 52.9 Å². The van der Waals surface area contributed by atoms with E-state index >= 15 is 0 Å². The fourth-order valence-corrected chi connectivity index (χ4v) is 3.86. The first-order chi connectivity index (χ1) is 14.1. The molecular weight excluding hydrogens is 386 g/mol. The van der Waals surface area contributed by atoms with Gasteiger partial charge in [0.2, 0.25) is 0 Å². The van der Waals surface area contributed by atoms with Crippen LogP contribution in [-0.4, -0.2) is 38.4 Å². The number of nitrogens with zero attached hydrogens (tertiary/aromatic N) is 2. The third-order valence-corrected chi connectivity index (χ3v) is 5.48. The number of hydrogen-bond acceptors (Lipinski definition) is 6. The first-order valence-electron chi connectivity index (χ1n) is 9.44. The molecule has 3 rings (SSSR count). The Morgan fingerprint density at radius 1 is 1.03 bits per heavy atom. The predicted molar refractivity (Wildman–Crippen MR) is 120 cm³/mol. The minimum atomic E-state index is -0.164. The lowest BCUT2D eigenvalue weighted by Crippen LogP contribution is -2.21. The van der Waals surface area contributed by atoms with Gasteiger partial charge in [0.05, 0.1) is 24.8 Å². The number of carbonyl (C=O) groups is 1. The van der Waals surface area contributed by atoms with E-state index in [0.717, 1.165) is 30.0 Å². The molecule has 0 unspecified atom stereocenters. The maximum absolute atomic E-state index is 12.3. The molecule has 0 aliphatic carbocycles. The van der Waals surface area contributed by atoms with Gasteiger partial charge < -0.3 is 19.7 Å². The number of nitrogens with one attached hydrogen (secondary N) is 1. The molecule has 1 heterocycles. The van der Waals surface area contributed by atoms with Crippen LogP contribution < -0.4 is 19.7 Å². The van der Waals surface area contributed by atoms with Crippen molar-refractivity contribution in [2.75, 3.05) is 32.2 Å². The molecule has 1 fully saturated rings. The number of aliphatic imine (C=N–C) groups is 1. The summed E-state index contributed by atoms with van der Waals surface area (Å²) in [5, 5.41) is 3.39. The van der Waals surface area contributed by atoms with E-state index in [4.69, 9.17) is 9.47 Å². The summed E-state index contributed by atoms with van der Waals surface area (Å²) in [5.74, 6) is 1.10. The second-order valence-electron chi connectivity index (χ2n) is 6.28. The summed E-state index contributed by atoms with van der Waals surface area (Å²) in [4.78, 5) is 19.7. The van der Waals surface area contributed by atoms with Crippen molar-refractivity contribution < 1.29 is 14.3 Å². The van der Waals surface area contributed by atoms with E-state index in [1.54, 1.807) is 14.2 Å². The maximum atomic E-state index is 12.3. The number of thioether (sulfide) groups is 1. The molecule has 2 aromatic rings. The Morgan fingerprint density at radius 2 is 1.72 bits per heavy atom. The highest BCUT2D eigenvalue weighted by molar-refractivity contribution is 8.18. The van der Waals surface area contributed by atoms with Gasteiger partial charge in [0.1, 0.15) is 0 Å². The zero-order chi connectivity index (χ0) is 20.8. The van der Waals surface area contributed by atoms with Crippen molar-refractivity contribution in [1.82, 2.24) is 5.32 Å². The van der Waals surface area contributed by atoms with Gasteiger partial charge in [-0.25, -0.2) is 4.99 Å². The zero-order valence-electron chi connectivity index (χ0n) is 17.1. The standard InChI is InChI=1S/C22H25N3O3S/c1-5-25(6-2)17-10-8-16(9-11-17)23-22-24-21(26)20(29-22)14-15-7-12-18(27-3)19(13-15)28-4/h7-14H,5-6H2,1-4H3,(H,23,24,26). The first-order valence-corrected chi connectivity index (χ1v) is 10.3. The van der Waals surface area contributed by atoms with Crippen molar-refractivity contribution >= 4 is 40.3 Å². The number of benzene rings is 2. The molecule has 1 N–H and O–H groups in total. The molecule has 0 bridgehead atoms. The molecule has 2 aromatic carbocycles. The van der Waals surface area contributed by atoms with E-state index in [0.29, 0.717) is 21.6 Å². The van der Waals surface area contributed by atoms with Crippen LogP contribution >= 0.6 is 11.8 Å². The van der Waals surface area contributed by atoms with Crippen LogP contribution in [0, 0.1) is 0 Å². The summed E-state index contributed by atoms with van der Waals surface area (Å²) < 4.78 is 10.6. The number of carbonyl (C=O) groups excluding carboxylic acids is 1. The van der Waals surface area contributed by atoms with E-state index in [1.807, 2.05) is 48.5 Å². The van der Waals surface area contributed by atoms with Crippen molar-refractivity contribution in [3.8, 4) is 11.5 Å². The zero-order valence-corrected chi connectivity index (χ0v) is 17.9. The highest BCUT2D eigenvalue weighted by atomic mass is 32.2. The Balaban J connectivity index is 1.77. The summed E-state index contributed by atoms with van der Waals surface area (Å²) in [6, 6.07) is 13.6. The molecule has 0 spiro atoms. The number of amidine groups is 1. The van der Waals surface area contributed by atoms with Crippen LogP contribution in [0.25, 0.3) is 6.08 Å². The fourth-order valence-electron chi connectivity index (χ4n) is 3.02. The molecule has 1 aliphatic rings. The molecule has 0 radical (unpaired) electrons. The molecule has 0 aromatic heterocycles. The van der Waals surface area contributed by atoms with Crippen molar-refractivity contribution in [2.24, 2.45) is 4.99 Å². The quantitative estimate of drug-likeness (QED) is 0.683. The smallest absolute Gasteiger partial charge is 0.264 e. The second-order valence-corrected chi connectivity index (χ2v) is 7.32. The van der Waals surface area contributed by atoms with Gasteiger partial charge in [-0.15, -0.1) is 0 Å². The predicted octanol–water partition coefficient (Wildman–Crippen LogP) is 4.44. The summed E-state index contributed by atoms with van der Waals surface area (Å²) >= 11 is 1.32. The van der Waals surface area contributed by atoms with Gasteiger partial charge >= 0.3 is 0 Å². The number of methoxy groups -OCH3 is 2. The Bertz CT molecular complexity index is 935. The molecule has 29 heavy (non-hydrogen) atoms. The molecule has 0 saturated carbocycles. The van der Waals surface area contributed by atoms with E-state index in [9.17, 15) is 4.79 Å². The second kappa shape index (κ2) is 9.52. The average molecular weight is 412 g/mol. The van der Waals surface area contributed by atoms with Crippen molar-refractivity contribution in [1.29, 1.82) is 0 Å². The third-order valence-electron chi connectivity index (χ3n) is 4.57. The van der Waals surface area contributed by atoms with Gasteiger partial charge in [-0.2, -0.15) is 0 Å². The Hall–Kier alpha value is -2.93. The number of amides is 1. The lowest BCUT2D eigenvalue weighted by molar-refractivity contribution is -0.115. The van der Waals surface area contributed by atoms with Crippen LogP contribution in [0.4, 0.5) is 11.4 Å². The molecule has 1 aliphatic heterocycles. The van der Waals surface area contributed by atoms with Crippen LogP contribution in [-0.2, 0) is 4.79 Å². The first kappa shape index (κ1) is 20.8. The van der Waals surface area contributed by atoms with Crippen molar-refractivity contribution in [3.63, 3.8) is 0 Å². The van der Waals surface area contributed by atoms with E-state index in [2.05, 4.69) is 29.1 Å². The SMILES string of the molecule is CCN(CC)c1ccc(N=C2NC(=O)C(=Cc3ccc(OC)c(OC)c3)S2)cc1. The van der Waals surface area contributed by atoms with Gasteiger partial charge in [-0.3, -0.25) is 4.79 Å². The Labute approximate surface area is 175 Å². The molecule has 0 atom stereocenters. The molecule has 6 nitrogen and oxygen atoms in total. The molecule has 152 valence electrons. The van der Waals surface area contributed by atoms with E-state index in [1.165, 1.54) is 11.8 Å². The molecule has 1 saturated heterocycles. The summed E-state index contributed by atoms with van der Waals surface area (Å²) in [5.41, 5.74) is 2.82. The van der Waals surface area contributed by atoms with Crippen LogP contribution in [0.1, 0.15) is 19.4 Å². The van der Waals surface area contributed by atoms with Gasteiger partial charge in [-0.1, -0.05) is 6.07 Å². The number of ether oxygens (including phenoxy) is 2. The fraction of sp³-hybridized carbons (Fsp3) is 0.273. The number of hydrogen-bond donors (Lipinski definition) is 1. The van der Waals surface area contributed by atoms with Gasteiger partial charge in [0.15, 0.2) is 16.7 Å². The number of rotatable bonds is 7. The topological polar surface area (TPSA) is 63.2 Å². The normalized spacial score (nSPS) is 16.2. The maximum Gasteiger partial charge on any atom is 0.264 e. The van der Waals surface area contributed by atoms with Gasteiger partial charge in [0, 0.05) is 18.8 Å². The minimum absolute atomic E-state index is 0.164. The average Bonchev–Trinajstić information content (AvgIpc) is 3.08. The van der Waals surface area contributed by atoms with Crippen LogP contribution in [0.5, 0.6) is 11.5 Å². The summed E-state index contributed by atoms with van der Waals surface area (Å²) in [6.45, 7) is 6.18. The van der Waals surface area contributed by atoms with Gasteiger partial charge in [0.25, 0.3) is 5.91 Å². The van der Waals surface area contributed by atoms with Crippen molar-refractivity contribution in [2.45, 2.75) is 13.8 Å². The third kappa shape index (κ3) is 4.92. The van der Waals surface area contributed by atoms with E-state index in [-0.39, 0.29) is 5.91 Å². The summed E-state index contributed by atoms with van der Waals surface area (Å²) in [6.07, 6.45) is 1.81. The largest absolute Gasteiger partial charge is 0.493 e. The molecule has 1 amide bonds. The number of anilines is 1. The monoisotopic (exact) mass is 411 g/mol. The highest BCUT2D eigenvalue weighted by Gasteiger charge is 2.24. The van der Waals surface area contributed by atoms with E-state index < -0.39 is 0 Å². The van der Waals surface area contributed by atoms with Gasteiger partial charge in [-0.05, 0) is 73.6 Å². The molecule has 7 heteroatoms. The summed E-state index contributed by atoms with van der Waals surface area (Å²) in [7, 11) is 3.18. The van der Waals surface area contributed by atoms with Crippen LogP contribution in [0.2, 0.25) is 0 Å². The van der Waals surface area contributed by atoms with Crippen LogP contribution in [0.15, 0.2) is 52.4 Å².